The van der Waals surface area contributed by atoms with Crippen LogP contribution < -0.4 is 5.32 Å². The quantitative estimate of drug-likeness (QED) is 0.315. The Bertz CT molecular complexity index is 1360. The van der Waals surface area contributed by atoms with Crippen molar-refractivity contribution in [1.29, 1.82) is 0 Å². The van der Waals surface area contributed by atoms with Crippen LogP contribution in [0.3, 0.4) is 0 Å². The number of anilines is 1. The molecule has 3 aromatic heterocycles. The van der Waals surface area contributed by atoms with Crippen LogP contribution in [0.25, 0.3) is 22.5 Å². The monoisotopic (exact) mass is 537 g/mol. The SMILES string of the molecule is CCN(CC)Cc1onc(-c2cccc(Cl)c2)c1-c1ccnc(N[C@@H]2CCN(C(=O)c3cnsc3)C2)n1. The summed E-state index contributed by atoms with van der Waals surface area (Å²) in [6.07, 6.45) is 4.16. The predicted molar refractivity (Wildman–Crippen MR) is 145 cm³/mol. The first-order valence-corrected chi connectivity index (χ1v) is 13.5. The fourth-order valence-corrected chi connectivity index (χ4v) is 5.19. The van der Waals surface area contributed by atoms with Crippen LogP contribution in [-0.2, 0) is 6.54 Å². The van der Waals surface area contributed by atoms with Gasteiger partial charge < -0.3 is 14.7 Å². The third kappa shape index (κ3) is 5.66. The lowest BCUT2D eigenvalue weighted by Crippen LogP contribution is -2.31. The first-order chi connectivity index (χ1) is 18.1. The van der Waals surface area contributed by atoms with Gasteiger partial charge in [0.25, 0.3) is 5.91 Å². The van der Waals surface area contributed by atoms with Crippen LogP contribution in [0.5, 0.6) is 0 Å². The van der Waals surface area contributed by atoms with Crippen molar-refractivity contribution in [3.8, 4) is 22.5 Å². The minimum Gasteiger partial charge on any atom is -0.359 e. The van der Waals surface area contributed by atoms with Crippen LogP contribution >= 0.6 is 23.1 Å². The van der Waals surface area contributed by atoms with Gasteiger partial charge in [0.1, 0.15) is 5.69 Å². The van der Waals surface area contributed by atoms with Crippen LogP contribution in [-0.4, -0.2) is 67.4 Å². The number of amides is 1. The Kier molecular flexibility index (Phi) is 7.78. The highest BCUT2D eigenvalue weighted by Gasteiger charge is 2.28. The highest BCUT2D eigenvalue weighted by molar-refractivity contribution is 7.03. The van der Waals surface area contributed by atoms with Gasteiger partial charge in [-0.3, -0.25) is 9.69 Å². The highest BCUT2D eigenvalue weighted by Crippen LogP contribution is 2.35. The standard InChI is InChI=1S/C26H28ClN7O2S/c1-3-33(4-2)15-22-23(24(32-36-22)17-6-5-7-19(27)12-17)21-8-10-28-26(31-21)30-20-9-11-34(14-20)25(35)18-13-29-37-16-18/h5-8,10,12-13,16,20H,3-4,9,11,14-15H2,1-2H3,(H,28,30,31)/t20-/m1/s1. The summed E-state index contributed by atoms with van der Waals surface area (Å²) in [7, 11) is 0. The maximum atomic E-state index is 12.7. The van der Waals surface area contributed by atoms with E-state index in [1.54, 1.807) is 17.8 Å². The summed E-state index contributed by atoms with van der Waals surface area (Å²) in [6, 6.07) is 9.48. The van der Waals surface area contributed by atoms with Gasteiger partial charge in [-0.25, -0.2) is 14.3 Å². The van der Waals surface area contributed by atoms with Gasteiger partial charge in [-0.2, -0.15) is 0 Å². The number of rotatable bonds is 9. The average molecular weight is 538 g/mol. The summed E-state index contributed by atoms with van der Waals surface area (Å²) in [5, 5.41) is 10.2. The molecule has 1 fully saturated rings. The molecule has 4 aromatic rings. The van der Waals surface area contributed by atoms with Crippen LogP contribution in [0, 0.1) is 0 Å². The van der Waals surface area contributed by atoms with Crippen molar-refractivity contribution in [1.82, 2.24) is 29.3 Å². The lowest BCUT2D eigenvalue weighted by Gasteiger charge is -2.17. The molecular formula is C26H28ClN7O2S. The van der Waals surface area contributed by atoms with E-state index >= 15 is 0 Å². The smallest absolute Gasteiger partial charge is 0.256 e. The molecule has 0 aliphatic carbocycles. The van der Waals surface area contributed by atoms with Gasteiger partial charge in [0, 0.05) is 41.3 Å². The molecule has 1 amide bonds. The number of hydrogen-bond donors (Lipinski definition) is 1. The summed E-state index contributed by atoms with van der Waals surface area (Å²) in [5.41, 5.74) is 3.72. The minimum atomic E-state index is 0.00407. The largest absolute Gasteiger partial charge is 0.359 e. The van der Waals surface area contributed by atoms with E-state index in [1.165, 1.54) is 11.5 Å². The molecule has 1 aliphatic rings. The van der Waals surface area contributed by atoms with Crippen LogP contribution in [0.1, 0.15) is 36.4 Å². The second-order valence-corrected chi connectivity index (χ2v) is 9.95. The Labute approximate surface area is 224 Å². The predicted octanol–water partition coefficient (Wildman–Crippen LogP) is 5.08. The molecule has 0 unspecified atom stereocenters. The molecule has 1 aliphatic heterocycles. The highest BCUT2D eigenvalue weighted by atomic mass is 35.5. The summed E-state index contributed by atoms with van der Waals surface area (Å²) in [4.78, 5) is 26.1. The van der Waals surface area contributed by atoms with Crippen molar-refractivity contribution < 1.29 is 9.32 Å². The molecule has 1 saturated heterocycles. The molecule has 1 atom stereocenters. The number of nitrogens with one attached hydrogen (secondary N) is 1. The Hall–Kier alpha value is -3.34. The molecule has 1 N–H and O–H groups in total. The molecule has 4 heterocycles. The molecule has 0 bridgehead atoms. The molecule has 9 nitrogen and oxygen atoms in total. The van der Waals surface area contributed by atoms with E-state index in [1.807, 2.05) is 35.2 Å². The third-order valence-corrected chi connectivity index (χ3v) is 7.34. The average Bonchev–Trinajstić information content (AvgIpc) is 3.68. The van der Waals surface area contributed by atoms with E-state index < -0.39 is 0 Å². The first-order valence-electron chi connectivity index (χ1n) is 12.3. The third-order valence-electron chi connectivity index (χ3n) is 6.52. The number of hydrogen-bond acceptors (Lipinski definition) is 9. The fourth-order valence-electron chi connectivity index (χ4n) is 4.48. The van der Waals surface area contributed by atoms with Gasteiger partial charge in [-0.1, -0.05) is 42.7 Å². The zero-order valence-corrected chi connectivity index (χ0v) is 22.3. The van der Waals surface area contributed by atoms with Gasteiger partial charge in [0.2, 0.25) is 5.95 Å². The van der Waals surface area contributed by atoms with Gasteiger partial charge in [-0.05, 0) is 49.2 Å². The number of likely N-dealkylation sites (tertiary alicyclic amines) is 1. The second-order valence-electron chi connectivity index (χ2n) is 8.86. The van der Waals surface area contributed by atoms with E-state index in [0.717, 1.165) is 36.4 Å². The summed E-state index contributed by atoms with van der Waals surface area (Å²) in [6.45, 7) is 7.88. The molecule has 1 aromatic carbocycles. The Morgan fingerprint density at radius 3 is 2.92 bits per heavy atom. The lowest BCUT2D eigenvalue weighted by atomic mass is 10.0. The summed E-state index contributed by atoms with van der Waals surface area (Å²) < 4.78 is 9.90. The number of halogens is 1. The van der Waals surface area contributed by atoms with Crippen molar-refractivity contribution in [2.75, 3.05) is 31.5 Å². The van der Waals surface area contributed by atoms with Gasteiger partial charge in [-0.15, -0.1) is 0 Å². The number of aromatic nitrogens is 4. The lowest BCUT2D eigenvalue weighted by molar-refractivity contribution is 0.0792. The second kappa shape index (κ2) is 11.4. The number of carbonyl (C=O) groups is 1. The Morgan fingerprint density at radius 1 is 1.30 bits per heavy atom. The topological polar surface area (TPSA) is 100 Å². The van der Waals surface area contributed by atoms with Crippen molar-refractivity contribution in [3.63, 3.8) is 0 Å². The van der Waals surface area contributed by atoms with Crippen molar-refractivity contribution in [2.45, 2.75) is 32.9 Å². The normalized spacial score (nSPS) is 15.5. The van der Waals surface area contributed by atoms with Gasteiger partial charge in [0.15, 0.2) is 5.76 Å². The Balaban J connectivity index is 1.41. The summed E-state index contributed by atoms with van der Waals surface area (Å²) >= 11 is 7.56. The molecule has 0 radical (unpaired) electrons. The molecule has 0 saturated carbocycles. The van der Waals surface area contributed by atoms with Crippen molar-refractivity contribution in [3.05, 3.63) is 64.5 Å². The number of benzene rings is 1. The fraction of sp³-hybridized carbons (Fsp3) is 0.346. The van der Waals surface area contributed by atoms with E-state index in [9.17, 15) is 4.79 Å². The van der Waals surface area contributed by atoms with E-state index in [2.05, 4.69) is 38.6 Å². The molecule has 0 spiro atoms. The first kappa shape index (κ1) is 25.3. The molecule has 11 heteroatoms. The van der Waals surface area contributed by atoms with Crippen molar-refractivity contribution in [2.24, 2.45) is 0 Å². The maximum absolute atomic E-state index is 12.7. The number of carbonyl (C=O) groups excluding carboxylic acids is 1. The van der Waals surface area contributed by atoms with E-state index in [-0.39, 0.29) is 11.9 Å². The Morgan fingerprint density at radius 2 is 2.16 bits per heavy atom. The van der Waals surface area contributed by atoms with E-state index in [0.29, 0.717) is 47.6 Å². The van der Waals surface area contributed by atoms with Crippen molar-refractivity contribution >= 4 is 35.0 Å². The molecule has 37 heavy (non-hydrogen) atoms. The summed E-state index contributed by atoms with van der Waals surface area (Å²) in [5.74, 6) is 1.25. The van der Waals surface area contributed by atoms with Crippen LogP contribution in [0.4, 0.5) is 5.95 Å². The van der Waals surface area contributed by atoms with Crippen LogP contribution in [0.15, 0.2) is 52.6 Å². The molecular weight excluding hydrogens is 510 g/mol. The zero-order chi connectivity index (χ0) is 25.8. The molecule has 5 rings (SSSR count). The van der Waals surface area contributed by atoms with Gasteiger partial charge >= 0.3 is 0 Å². The molecule has 192 valence electrons. The van der Waals surface area contributed by atoms with Crippen LogP contribution in [0.2, 0.25) is 5.02 Å². The number of nitrogens with zero attached hydrogens (tertiary/aromatic N) is 6. The zero-order valence-electron chi connectivity index (χ0n) is 20.7. The maximum Gasteiger partial charge on any atom is 0.256 e. The van der Waals surface area contributed by atoms with Gasteiger partial charge in [0.05, 0.1) is 29.6 Å². The minimum absolute atomic E-state index is 0.00407. The van der Waals surface area contributed by atoms with E-state index in [4.69, 9.17) is 21.1 Å².